The summed E-state index contributed by atoms with van der Waals surface area (Å²) in [6, 6.07) is 7.09. The monoisotopic (exact) mass is 215 g/mol. The molecule has 2 N–H and O–H groups in total. The normalized spacial score (nSPS) is 12.8. The third-order valence-electron chi connectivity index (χ3n) is 1.78. The number of benzene rings is 1. The Bertz CT molecular complexity index is 263. The summed E-state index contributed by atoms with van der Waals surface area (Å²) < 4.78 is 0. The zero-order valence-electron chi connectivity index (χ0n) is 8.03. The summed E-state index contributed by atoms with van der Waals surface area (Å²) in [4.78, 5) is 4.91. The zero-order chi connectivity index (χ0) is 10.4. The molecule has 1 aromatic carbocycles. The van der Waals surface area contributed by atoms with Crippen LogP contribution in [-0.4, -0.2) is 18.3 Å². The first-order valence-electron chi connectivity index (χ1n) is 4.52. The third-order valence-corrected chi connectivity index (χ3v) is 2.03. The molecule has 0 aliphatic carbocycles. The van der Waals surface area contributed by atoms with Crippen molar-refractivity contribution >= 4 is 11.6 Å². The predicted octanol–water partition coefficient (Wildman–Crippen LogP) is 1.91. The van der Waals surface area contributed by atoms with E-state index in [1.54, 1.807) is 24.3 Å². The summed E-state index contributed by atoms with van der Waals surface area (Å²) in [6.45, 7) is 2.82. The van der Waals surface area contributed by atoms with Crippen LogP contribution >= 0.6 is 11.6 Å². The van der Waals surface area contributed by atoms with E-state index < -0.39 is 6.10 Å². The second-order valence-electron chi connectivity index (χ2n) is 2.85. The van der Waals surface area contributed by atoms with E-state index in [1.165, 1.54) is 0 Å². The quantitative estimate of drug-likeness (QED) is 0.583. The average Bonchev–Trinajstić information content (AvgIpc) is 2.19. The topological polar surface area (TPSA) is 41.5 Å². The molecule has 78 valence electrons. The van der Waals surface area contributed by atoms with Gasteiger partial charge in [-0.2, -0.15) is 5.48 Å². The van der Waals surface area contributed by atoms with Gasteiger partial charge < -0.3 is 9.94 Å². The van der Waals surface area contributed by atoms with Crippen molar-refractivity contribution in [1.29, 1.82) is 0 Å². The van der Waals surface area contributed by atoms with Gasteiger partial charge in [0.2, 0.25) is 0 Å². The molecule has 0 heterocycles. The molecule has 1 atom stereocenters. The van der Waals surface area contributed by atoms with E-state index >= 15 is 0 Å². The molecule has 4 heteroatoms. The smallest absolute Gasteiger partial charge is 0.0937 e. The molecule has 0 aliphatic rings. The highest BCUT2D eigenvalue weighted by molar-refractivity contribution is 6.30. The molecular formula is C10H14ClNO2. The fourth-order valence-electron chi connectivity index (χ4n) is 1.04. The Morgan fingerprint density at radius 2 is 2.07 bits per heavy atom. The molecule has 0 radical (unpaired) electrons. The number of rotatable bonds is 5. The molecule has 1 aromatic rings. The fraction of sp³-hybridized carbons (Fsp3) is 0.400. The first kappa shape index (κ1) is 11.5. The molecule has 1 unspecified atom stereocenters. The van der Waals surface area contributed by atoms with Crippen molar-refractivity contribution in [2.75, 3.05) is 13.2 Å². The second-order valence-corrected chi connectivity index (χ2v) is 3.29. The number of hydrogen-bond acceptors (Lipinski definition) is 3. The van der Waals surface area contributed by atoms with Crippen LogP contribution < -0.4 is 5.48 Å². The van der Waals surface area contributed by atoms with Gasteiger partial charge in [0, 0.05) is 5.02 Å². The first-order valence-corrected chi connectivity index (χ1v) is 4.90. The van der Waals surface area contributed by atoms with Gasteiger partial charge in [-0.1, -0.05) is 23.7 Å². The Kier molecular flexibility index (Phi) is 4.90. The van der Waals surface area contributed by atoms with Gasteiger partial charge >= 0.3 is 0 Å². The van der Waals surface area contributed by atoms with Gasteiger partial charge in [-0.25, -0.2) is 0 Å². The van der Waals surface area contributed by atoms with Crippen LogP contribution in [0.2, 0.25) is 5.02 Å². The largest absolute Gasteiger partial charge is 0.387 e. The van der Waals surface area contributed by atoms with Gasteiger partial charge in [0.15, 0.2) is 0 Å². The molecule has 0 fully saturated rings. The van der Waals surface area contributed by atoms with Gasteiger partial charge in [0.25, 0.3) is 0 Å². The minimum atomic E-state index is -0.571. The van der Waals surface area contributed by atoms with Gasteiger partial charge in [-0.05, 0) is 24.6 Å². The first-order chi connectivity index (χ1) is 6.74. The molecule has 0 bridgehead atoms. The molecule has 0 aromatic heterocycles. The van der Waals surface area contributed by atoms with Crippen LogP contribution in [-0.2, 0) is 4.84 Å². The maximum Gasteiger partial charge on any atom is 0.0937 e. The van der Waals surface area contributed by atoms with Gasteiger partial charge in [-0.3, -0.25) is 0 Å². The van der Waals surface area contributed by atoms with Crippen LogP contribution in [0.4, 0.5) is 0 Å². The van der Waals surface area contributed by atoms with Crippen LogP contribution in [0.1, 0.15) is 18.6 Å². The number of aliphatic hydroxyl groups is 1. The summed E-state index contributed by atoms with van der Waals surface area (Å²) in [7, 11) is 0. The Hall–Kier alpha value is -0.610. The highest BCUT2D eigenvalue weighted by atomic mass is 35.5. The molecule has 0 saturated heterocycles. The van der Waals surface area contributed by atoms with Crippen molar-refractivity contribution in [2.45, 2.75) is 13.0 Å². The lowest BCUT2D eigenvalue weighted by molar-refractivity contribution is 0.0209. The molecule has 0 spiro atoms. The lowest BCUT2D eigenvalue weighted by Gasteiger charge is -2.11. The third kappa shape index (κ3) is 3.64. The molecule has 0 amide bonds. The van der Waals surface area contributed by atoms with Crippen molar-refractivity contribution in [2.24, 2.45) is 0 Å². The number of hydrogen-bond donors (Lipinski definition) is 2. The summed E-state index contributed by atoms with van der Waals surface area (Å²) in [5.41, 5.74) is 3.49. The number of halogens is 1. The average molecular weight is 216 g/mol. The second kappa shape index (κ2) is 5.98. The SMILES string of the molecule is CCONCC(O)c1ccc(Cl)cc1. The summed E-state index contributed by atoms with van der Waals surface area (Å²) in [6.07, 6.45) is -0.571. The maximum absolute atomic E-state index is 9.65. The van der Waals surface area contributed by atoms with E-state index in [-0.39, 0.29) is 0 Å². The lowest BCUT2D eigenvalue weighted by atomic mass is 10.1. The number of hydroxylamine groups is 1. The summed E-state index contributed by atoms with van der Waals surface area (Å²) >= 11 is 5.72. The molecule has 1 rings (SSSR count). The number of nitrogens with one attached hydrogen (secondary N) is 1. The Balaban J connectivity index is 2.43. The summed E-state index contributed by atoms with van der Waals surface area (Å²) in [5, 5.41) is 10.3. The van der Waals surface area contributed by atoms with E-state index in [0.29, 0.717) is 18.2 Å². The predicted molar refractivity (Wildman–Crippen MR) is 56.0 cm³/mol. The van der Waals surface area contributed by atoms with Crippen LogP contribution in [0.3, 0.4) is 0 Å². The van der Waals surface area contributed by atoms with Crippen LogP contribution in [0.25, 0.3) is 0 Å². The maximum atomic E-state index is 9.65. The van der Waals surface area contributed by atoms with Gasteiger partial charge in [-0.15, -0.1) is 0 Å². The van der Waals surface area contributed by atoms with E-state index in [9.17, 15) is 5.11 Å². The molecule has 0 saturated carbocycles. The Morgan fingerprint density at radius 3 is 2.64 bits per heavy atom. The zero-order valence-corrected chi connectivity index (χ0v) is 8.79. The highest BCUT2D eigenvalue weighted by Gasteiger charge is 2.06. The van der Waals surface area contributed by atoms with Crippen molar-refractivity contribution < 1.29 is 9.94 Å². The van der Waals surface area contributed by atoms with Crippen LogP contribution in [0.5, 0.6) is 0 Å². The minimum Gasteiger partial charge on any atom is -0.387 e. The van der Waals surface area contributed by atoms with Crippen LogP contribution in [0.15, 0.2) is 24.3 Å². The molecule has 0 aliphatic heterocycles. The number of aliphatic hydroxyl groups excluding tert-OH is 1. The van der Waals surface area contributed by atoms with Crippen molar-refractivity contribution in [3.8, 4) is 0 Å². The molecular weight excluding hydrogens is 202 g/mol. The van der Waals surface area contributed by atoms with Crippen LogP contribution in [0, 0.1) is 0 Å². The van der Waals surface area contributed by atoms with E-state index in [2.05, 4.69) is 5.48 Å². The molecule has 14 heavy (non-hydrogen) atoms. The van der Waals surface area contributed by atoms with Gasteiger partial charge in [0.1, 0.15) is 0 Å². The molecule has 3 nitrogen and oxygen atoms in total. The standard InChI is InChI=1S/C10H14ClNO2/c1-2-14-12-7-10(13)8-3-5-9(11)6-4-8/h3-6,10,12-13H,2,7H2,1H3. The van der Waals surface area contributed by atoms with Gasteiger partial charge in [0.05, 0.1) is 19.3 Å². The Labute approximate surface area is 88.6 Å². The van der Waals surface area contributed by atoms with E-state index in [0.717, 1.165) is 5.56 Å². The summed E-state index contributed by atoms with van der Waals surface area (Å²) in [5.74, 6) is 0. The Morgan fingerprint density at radius 1 is 1.43 bits per heavy atom. The lowest BCUT2D eigenvalue weighted by Crippen LogP contribution is -2.21. The van der Waals surface area contributed by atoms with Crippen molar-refractivity contribution in [1.82, 2.24) is 5.48 Å². The van der Waals surface area contributed by atoms with Crippen molar-refractivity contribution in [3.63, 3.8) is 0 Å². The van der Waals surface area contributed by atoms with E-state index in [4.69, 9.17) is 16.4 Å². The van der Waals surface area contributed by atoms with Crippen molar-refractivity contribution in [3.05, 3.63) is 34.9 Å². The minimum absolute atomic E-state index is 0.371. The fourth-order valence-corrected chi connectivity index (χ4v) is 1.17. The highest BCUT2D eigenvalue weighted by Crippen LogP contribution is 2.15. The van der Waals surface area contributed by atoms with E-state index in [1.807, 2.05) is 6.92 Å².